The molecule has 5 rings (SSSR count). The molecular formula is C23H30N6OS. The van der Waals surface area contributed by atoms with Gasteiger partial charge in [-0.2, -0.15) is 0 Å². The first-order valence-electron chi connectivity index (χ1n) is 11.1. The molecule has 8 heteroatoms. The zero-order valence-electron chi connectivity index (χ0n) is 18.3. The highest BCUT2D eigenvalue weighted by Gasteiger charge is 2.29. The van der Waals surface area contributed by atoms with Crippen LogP contribution in [0.15, 0.2) is 30.6 Å². The predicted octanol–water partition coefficient (Wildman–Crippen LogP) is 3.86. The molecule has 0 bridgehead atoms. The Kier molecular flexibility index (Phi) is 5.88. The maximum Gasteiger partial charge on any atom is 0.163 e. The molecule has 0 aromatic carbocycles. The highest BCUT2D eigenvalue weighted by Crippen LogP contribution is 2.35. The predicted molar refractivity (Wildman–Crippen MR) is 125 cm³/mol. The molecule has 0 amide bonds. The van der Waals surface area contributed by atoms with Crippen molar-refractivity contribution in [1.29, 1.82) is 0 Å². The largest absolute Gasteiger partial charge is 0.378 e. The van der Waals surface area contributed by atoms with Crippen LogP contribution in [0.4, 0.5) is 5.82 Å². The fourth-order valence-electron chi connectivity index (χ4n) is 4.40. The van der Waals surface area contributed by atoms with Gasteiger partial charge in [0.05, 0.1) is 23.4 Å². The number of nitrogens with zero attached hydrogens (tertiary/aromatic N) is 5. The molecule has 2 aliphatic rings. The molecule has 164 valence electrons. The van der Waals surface area contributed by atoms with Crippen LogP contribution in [0.2, 0.25) is 0 Å². The molecule has 0 spiro atoms. The van der Waals surface area contributed by atoms with Crippen molar-refractivity contribution < 1.29 is 4.74 Å². The summed E-state index contributed by atoms with van der Waals surface area (Å²) in [5.74, 6) is 1.75. The average Bonchev–Trinajstić information content (AvgIpc) is 3.21. The first-order valence-corrected chi connectivity index (χ1v) is 12.0. The lowest BCUT2D eigenvalue weighted by Crippen LogP contribution is -2.54. The fraction of sp³-hybridized carbons (Fsp3) is 0.522. The second-order valence-corrected chi connectivity index (χ2v) is 10.0. The maximum atomic E-state index is 5.57. The number of hydrogen-bond acceptors (Lipinski definition) is 8. The molecule has 3 aromatic rings. The summed E-state index contributed by atoms with van der Waals surface area (Å²) >= 11 is 1.80. The average molecular weight is 439 g/mol. The first kappa shape index (κ1) is 20.8. The molecule has 31 heavy (non-hydrogen) atoms. The highest BCUT2D eigenvalue weighted by molar-refractivity contribution is 7.19. The third-order valence-corrected chi connectivity index (χ3v) is 7.35. The lowest BCUT2D eigenvalue weighted by Gasteiger charge is -2.42. The number of piperidine rings is 1. The molecule has 3 aromatic heterocycles. The van der Waals surface area contributed by atoms with E-state index in [0.717, 1.165) is 66.8 Å². The zero-order chi connectivity index (χ0) is 21.3. The van der Waals surface area contributed by atoms with E-state index in [1.54, 1.807) is 17.5 Å². The van der Waals surface area contributed by atoms with Crippen LogP contribution in [0.1, 0.15) is 38.0 Å². The molecule has 0 unspecified atom stereocenters. The van der Waals surface area contributed by atoms with Crippen LogP contribution >= 0.6 is 11.3 Å². The normalized spacial score (nSPS) is 19.7. The Bertz CT molecular complexity index is 1030. The number of nitrogens with one attached hydrogen (secondary N) is 1. The minimum absolute atomic E-state index is 0.196. The Labute approximate surface area is 187 Å². The van der Waals surface area contributed by atoms with E-state index in [-0.39, 0.29) is 5.54 Å². The van der Waals surface area contributed by atoms with Gasteiger partial charge < -0.3 is 9.64 Å². The topological polar surface area (TPSA) is 66.4 Å². The summed E-state index contributed by atoms with van der Waals surface area (Å²) in [5.41, 5.74) is 5.84. The van der Waals surface area contributed by atoms with Crippen molar-refractivity contribution in [2.45, 2.75) is 45.2 Å². The van der Waals surface area contributed by atoms with Crippen molar-refractivity contribution in [3.63, 3.8) is 0 Å². The Hall–Kier alpha value is -2.13. The third-order valence-electron chi connectivity index (χ3n) is 6.23. The van der Waals surface area contributed by atoms with Gasteiger partial charge in [0.2, 0.25) is 0 Å². The van der Waals surface area contributed by atoms with Gasteiger partial charge in [-0.1, -0.05) is 6.42 Å². The van der Waals surface area contributed by atoms with Crippen molar-refractivity contribution in [3.05, 3.63) is 35.5 Å². The minimum atomic E-state index is 0.196. The van der Waals surface area contributed by atoms with Crippen LogP contribution in [0.3, 0.4) is 0 Å². The summed E-state index contributed by atoms with van der Waals surface area (Å²) in [5, 5.41) is 2.41. The van der Waals surface area contributed by atoms with Gasteiger partial charge in [0.15, 0.2) is 11.6 Å². The first-order chi connectivity index (χ1) is 15.1. The van der Waals surface area contributed by atoms with Crippen LogP contribution in [-0.2, 0) is 11.3 Å². The summed E-state index contributed by atoms with van der Waals surface area (Å²) in [6.45, 7) is 9.74. The molecule has 7 nitrogen and oxygen atoms in total. The van der Waals surface area contributed by atoms with Gasteiger partial charge in [-0.25, -0.2) is 20.4 Å². The van der Waals surface area contributed by atoms with E-state index in [9.17, 15) is 0 Å². The van der Waals surface area contributed by atoms with Crippen LogP contribution in [0.25, 0.3) is 21.6 Å². The Balaban J connectivity index is 1.47. The van der Waals surface area contributed by atoms with Gasteiger partial charge in [-0.05, 0) is 44.9 Å². The van der Waals surface area contributed by atoms with E-state index in [0.29, 0.717) is 0 Å². The lowest BCUT2D eigenvalue weighted by molar-refractivity contribution is 0.0223. The van der Waals surface area contributed by atoms with E-state index in [2.05, 4.69) is 40.2 Å². The standard InChI is InChI=1S/C23H30N6OS/c1-23(2)7-3-4-9-29(23)25-16-18-14-19-20(31-18)22(28-10-12-30-13-11-28)27-21(26-19)17-6-5-8-24-15-17/h5-6,8,14-15,25H,3-4,7,9-13,16H2,1-2H3. The van der Waals surface area contributed by atoms with E-state index >= 15 is 0 Å². The summed E-state index contributed by atoms with van der Waals surface area (Å²) in [4.78, 5) is 17.8. The van der Waals surface area contributed by atoms with E-state index in [4.69, 9.17) is 14.7 Å². The summed E-state index contributed by atoms with van der Waals surface area (Å²) in [6.07, 6.45) is 7.40. The number of aromatic nitrogens is 3. The van der Waals surface area contributed by atoms with Crippen LogP contribution in [-0.4, -0.2) is 58.3 Å². The molecule has 2 saturated heterocycles. The molecule has 2 fully saturated rings. The SMILES string of the molecule is CC1(C)CCCCN1NCc1cc2nc(-c3cccnc3)nc(N3CCOCC3)c2s1. The molecule has 0 radical (unpaired) electrons. The number of ether oxygens (including phenoxy) is 1. The van der Waals surface area contributed by atoms with Crippen LogP contribution < -0.4 is 10.3 Å². The number of anilines is 1. The lowest BCUT2D eigenvalue weighted by atomic mass is 9.92. The van der Waals surface area contributed by atoms with Crippen molar-refractivity contribution >= 4 is 27.4 Å². The second kappa shape index (κ2) is 8.78. The molecule has 0 atom stereocenters. The van der Waals surface area contributed by atoms with Gasteiger partial charge in [0, 0.05) is 54.6 Å². The van der Waals surface area contributed by atoms with Gasteiger partial charge in [-0.15, -0.1) is 11.3 Å². The molecule has 0 aliphatic carbocycles. The quantitative estimate of drug-likeness (QED) is 0.649. The second-order valence-electron chi connectivity index (χ2n) is 8.90. The maximum absolute atomic E-state index is 5.57. The minimum Gasteiger partial charge on any atom is -0.378 e. The van der Waals surface area contributed by atoms with Crippen molar-refractivity contribution in [3.8, 4) is 11.4 Å². The van der Waals surface area contributed by atoms with Gasteiger partial charge in [0.1, 0.15) is 0 Å². The summed E-state index contributed by atoms with van der Waals surface area (Å²) in [7, 11) is 0. The van der Waals surface area contributed by atoms with Crippen molar-refractivity contribution in [1.82, 2.24) is 25.4 Å². The number of fused-ring (bicyclic) bond motifs is 1. The zero-order valence-corrected chi connectivity index (χ0v) is 19.1. The Morgan fingerprint density at radius 2 is 2.03 bits per heavy atom. The number of rotatable bonds is 5. The van der Waals surface area contributed by atoms with E-state index in [1.807, 2.05) is 18.3 Å². The Morgan fingerprint density at radius 3 is 2.81 bits per heavy atom. The van der Waals surface area contributed by atoms with E-state index < -0.39 is 0 Å². The number of morpholine rings is 1. The van der Waals surface area contributed by atoms with Gasteiger partial charge in [0.25, 0.3) is 0 Å². The van der Waals surface area contributed by atoms with E-state index in [1.165, 1.54) is 24.1 Å². The monoisotopic (exact) mass is 438 g/mol. The highest BCUT2D eigenvalue weighted by atomic mass is 32.1. The molecule has 5 heterocycles. The third kappa shape index (κ3) is 4.43. The van der Waals surface area contributed by atoms with Crippen molar-refractivity contribution in [2.24, 2.45) is 0 Å². The summed E-state index contributed by atoms with van der Waals surface area (Å²) in [6, 6.07) is 6.17. The molecular weight excluding hydrogens is 408 g/mol. The van der Waals surface area contributed by atoms with Gasteiger partial charge >= 0.3 is 0 Å². The summed E-state index contributed by atoms with van der Waals surface area (Å²) < 4.78 is 6.73. The number of hydrogen-bond donors (Lipinski definition) is 1. The Morgan fingerprint density at radius 1 is 1.16 bits per heavy atom. The van der Waals surface area contributed by atoms with Gasteiger partial charge in [-0.3, -0.25) is 4.98 Å². The van der Waals surface area contributed by atoms with Crippen LogP contribution in [0.5, 0.6) is 0 Å². The number of thiophene rings is 1. The van der Waals surface area contributed by atoms with Crippen LogP contribution in [0, 0.1) is 0 Å². The number of hydrazine groups is 1. The molecule has 1 N–H and O–H groups in total. The molecule has 0 saturated carbocycles. The number of pyridine rings is 1. The molecule has 2 aliphatic heterocycles. The fourth-order valence-corrected chi connectivity index (χ4v) is 5.44. The van der Waals surface area contributed by atoms with Crippen molar-refractivity contribution in [2.75, 3.05) is 37.7 Å². The smallest absolute Gasteiger partial charge is 0.163 e.